The molecule has 3 N–H and O–H groups in total. The summed E-state index contributed by atoms with van der Waals surface area (Å²) in [4.78, 5) is 24.1. The summed E-state index contributed by atoms with van der Waals surface area (Å²) >= 11 is 0. The van der Waals surface area contributed by atoms with E-state index in [4.69, 9.17) is 10.8 Å². The molecule has 1 heterocycles. The van der Waals surface area contributed by atoms with Gasteiger partial charge in [0.25, 0.3) is 5.91 Å². The van der Waals surface area contributed by atoms with Crippen LogP contribution in [0.15, 0.2) is 35.0 Å². The van der Waals surface area contributed by atoms with Gasteiger partial charge in [-0.25, -0.2) is 4.63 Å². The number of hydrogen-bond acceptors (Lipinski definition) is 6. The SMILES string of the molecule is Nc1nonc1C(=O)N(CC(=O)O)c1ccccc1. The lowest BCUT2D eigenvalue weighted by Gasteiger charge is -2.19. The lowest BCUT2D eigenvalue weighted by atomic mass is 10.2. The monoisotopic (exact) mass is 262 g/mol. The summed E-state index contributed by atoms with van der Waals surface area (Å²) in [6, 6.07) is 8.32. The molecule has 1 aromatic carbocycles. The van der Waals surface area contributed by atoms with Crippen molar-refractivity contribution in [3.05, 3.63) is 36.0 Å². The maximum atomic E-state index is 12.2. The highest BCUT2D eigenvalue weighted by molar-refractivity contribution is 6.09. The molecule has 0 unspecified atom stereocenters. The lowest BCUT2D eigenvalue weighted by molar-refractivity contribution is -0.135. The molecule has 0 spiro atoms. The van der Waals surface area contributed by atoms with Crippen LogP contribution in [0.2, 0.25) is 0 Å². The zero-order chi connectivity index (χ0) is 13.8. The van der Waals surface area contributed by atoms with Crippen molar-refractivity contribution in [3.63, 3.8) is 0 Å². The Morgan fingerprint density at radius 1 is 1.26 bits per heavy atom. The predicted molar refractivity (Wildman–Crippen MR) is 64.5 cm³/mol. The van der Waals surface area contributed by atoms with Crippen molar-refractivity contribution in [2.45, 2.75) is 0 Å². The fraction of sp³-hybridized carbons (Fsp3) is 0.0909. The fourth-order valence-electron chi connectivity index (χ4n) is 1.50. The first-order valence-electron chi connectivity index (χ1n) is 5.26. The second-order valence-corrected chi connectivity index (χ2v) is 3.62. The molecule has 0 radical (unpaired) electrons. The summed E-state index contributed by atoms with van der Waals surface area (Å²) in [6.45, 7) is -0.519. The molecule has 2 rings (SSSR count). The Balaban J connectivity index is 2.36. The van der Waals surface area contributed by atoms with E-state index in [0.29, 0.717) is 5.69 Å². The minimum Gasteiger partial charge on any atom is -0.480 e. The third-order valence-corrected chi connectivity index (χ3v) is 2.32. The smallest absolute Gasteiger partial charge is 0.323 e. The van der Waals surface area contributed by atoms with E-state index in [9.17, 15) is 9.59 Å². The van der Waals surface area contributed by atoms with Crippen molar-refractivity contribution in [1.29, 1.82) is 0 Å². The molecule has 8 nitrogen and oxygen atoms in total. The molecule has 0 atom stereocenters. The number of carbonyl (C=O) groups is 2. The third-order valence-electron chi connectivity index (χ3n) is 2.32. The van der Waals surface area contributed by atoms with Gasteiger partial charge in [0, 0.05) is 5.69 Å². The van der Waals surface area contributed by atoms with E-state index in [-0.39, 0.29) is 11.5 Å². The van der Waals surface area contributed by atoms with E-state index >= 15 is 0 Å². The Kier molecular flexibility index (Phi) is 3.42. The molecule has 0 saturated carbocycles. The number of amides is 1. The summed E-state index contributed by atoms with van der Waals surface area (Å²) in [5.41, 5.74) is 5.62. The van der Waals surface area contributed by atoms with Gasteiger partial charge in [-0.1, -0.05) is 18.2 Å². The van der Waals surface area contributed by atoms with Gasteiger partial charge in [-0.2, -0.15) is 0 Å². The van der Waals surface area contributed by atoms with Gasteiger partial charge in [0.15, 0.2) is 0 Å². The minimum absolute atomic E-state index is 0.184. The Morgan fingerprint density at radius 3 is 2.47 bits per heavy atom. The molecule has 19 heavy (non-hydrogen) atoms. The van der Waals surface area contributed by atoms with Crippen LogP contribution in [0.5, 0.6) is 0 Å². The summed E-state index contributed by atoms with van der Waals surface area (Å²) < 4.78 is 4.34. The largest absolute Gasteiger partial charge is 0.480 e. The van der Waals surface area contributed by atoms with E-state index < -0.39 is 18.4 Å². The molecule has 1 amide bonds. The molecular weight excluding hydrogens is 252 g/mol. The highest BCUT2D eigenvalue weighted by atomic mass is 16.6. The van der Waals surface area contributed by atoms with Gasteiger partial charge in [-0.3, -0.25) is 14.5 Å². The molecule has 1 aromatic heterocycles. The van der Waals surface area contributed by atoms with Crippen molar-refractivity contribution in [2.24, 2.45) is 0 Å². The zero-order valence-corrected chi connectivity index (χ0v) is 9.68. The Labute approximate surface area is 107 Å². The van der Waals surface area contributed by atoms with Crippen LogP contribution in [-0.4, -0.2) is 33.8 Å². The molecule has 0 fully saturated rings. The van der Waals surface area contributed by atoms with Crippen molar-refractivity contribution < 1.29 is 19.3 Å². The molecule has 0 aliphatic carbocycles. The number of carboxylic acids is 1. The van der Waals surface area contributed by atoms with Crippen molar-refractivity contribution in [3.8, 4) is 0 Å². The number of nitrogen functional groups attached to an aromatic ring is 1. The van der Waals surface area contributed by atoms with Gasteiger partial charge < -0.3 is 10.8 Å². The van der Waals surface area contributed by atoms with E-state index in [2.05, 4.69) is 14.9 Å². The first-order valence-corrected chi connectivity index (χ1v) is 5.26. The van der Waals surface area contributed by atoms with E-state index in [0.717, 1.165) is 4.90 Å². The topological polar surface area (TPSA) is 123 Å². The summed E-state index contributed by atoms with van der Waals surface area (Å²) in [5, 5.41) is 15.5. The number of anilines is 2. The number of aromatic nitrogens is 2. The molecule has 0 aliphatic heterocycles. The predicted octanol–water partition coefficient (Wildman–Crippen LogP) is 0.383. The lowest BCUT2D eigenvalue weighted by Crippen LogP contribution is -2.36. The summed E-state index contributed by atoms with van der Waals surface area (Å²) in [7, 11) is 0. The van der Waals surface area contributed by atoms with Crippen molar-refractivity contribution in [1.82, 2.24) is 10.3 Å². The van der Waals surface area contributed by atoms with Crippen LogP contribution in [-0.2, 0) is 4.79 Å². The van der Waals surface area contributed by atoms with Crippen LogP contribution < -0.4 is 10.6 Å². The van der Waals surface area contributed by atoms with Crippen LogP contribution in [0, 0.1) is 0 Å². The van der Waals surface area contributed by atoms with Crippen LogP contribution in [0.4, 0.5) is 11.5 Å². The first kappa shape index (κ1) is 12.6. The number of hydrogen-bond donors (Lipinski definition) is 2. The number of para-hydroxylation sites is 1. The van der Waals surface area contributed by atoms with Crippen LogP contribution >= 0.6 is 0 Å². The maximum Gasteiger partial charge on any atom is 0.323 e. The quantitative estimate of drug-likeness (QED) is 0.816. The third kappa shape index (κ3) is 2.68. The normalized spacial score (nSPS) is 10.1. The standard InChI is InChI=1S/C11H10N4O4/c12-10-9(13-19-14-10)11(18)15(6-8(16)17)7-4-2-1-3-5-7/h1-5H,6H2,(H2,12,14)(H,16,17). The van der Waals surface area contributed by atoms with Crippen LogP contribution in [0.1, 0.15) is 10.5 Å². The van der Waals surface area contributed by atoms with Crippen LogP contribution in [0.25, 0.3) is 0 Å². The zero-order valence-electron chi connectivity index (χ0n) is 9.68. The van der Waals surface area contributed by atoms with E-state index in [1.165, 1.54) is 0 Å². The minimum atomic E-state index is -1.16. The van der Waals surface area contributed by atoms with E-state index in [1.807, 2.05) is 0 Å². The Hall–Kier alpha value is -2.90. The van der Waals surface area contributed by atoms with Crippen molar-refractivity contribution in [2.75, 3.05) is 17.2 Å². The average Bonchev–Trinajstić information content (AvgIpc) is 2.82. The highest BCUT2D eigenvalue weighted by Gasteiger charge is 2.25. The number of carbonyl (C=O) groups excluding carboxylic acids is 1. The fourth-order valence-corrected chi connectivity index (χ4v) is 1.50. The van der Waals surface area contributed by atoms with E-state index in [1.54, 1.807) is 30.3 Å². The molecule has 2 aromatic rings. The number of nitrogens with two attached hydrogens (primary N) is 1. The Morgan fingerprint density at radius 2 is 1.95 bits per heavy atom. The second-order valence-electron chi connectivity index (χ2n) is 3.62. The highest BCUT2D eigenvalue weighted by Crippen LogP contribution is 2.17. The molecule has 0 bridgehead atoms. The van der Waals surface area contributed by atoms with Gasteiger partial charge in [-0.05, 0) is 22.4 Å². The van der Waals surface area contributed by atoms with Crippen molar-refractivity contribution >= 4 is 23.4 Å². The summed E-state index contributed by atoms with van der Waals surface area (Å²) in [5.74, 6) is -2.03. The molecule has 0 aliphatic rings. The average molecular weight is 262 g/mol. The molecule has 0 saturated heterocycles. The number of rotatable bonds is 4. The molecule has 8 heteroatoms. The number of benzene rings is 1. The van der Waals surface area contributed by atoms with Gasteiger partial charge in [0.1, 0.15) is 6.54 Å². The maximum absolute atomic E-state index is 12.2. The Bertz CT molecular complexity index is 596. The van der Waals surface area contributed by atoms with Crippen LogP contribution in [0.3, 0.4) is 0 Å². The number of nitrogens with zero attached hydrogens (tertiary/aromatic N) is 3. The second kappa shape index (κ2) is 5.17. The van der Waals surface area contributed by atoms with Gasteiger partial charge >= 0.3 is 5.97 Å². The van der Waals surface area contributed by atoms with Gasteiger partial charge in [-0.15, -0.1) is 0 Å². The molecular formula is C11H10N4O4. The number of aliphatic carboxylic acids is 1. The van der Waals surface area contributed by atoms with Gasteiger partial charge in [0.05, 0.1) is 0 Å². The summed E-state index contributed by atoms with van der Waals surface area (Å²) in [6.07, 6.45) is 0. The number of carboxylic acid groups (broad SMARTS) is 1. The molecule has 98 valence electrons. The van der Waals surface area contributed by atoms with Gasteiger partial charge in [0.2, 0.25) is 11.5 Å². The first-order chi connectivity index (χ1) is 9.09.